The molecule has 0 spiro atoms. The first kappa shape index (κ1) is 15.3. The third-order valence-corrected chi connectivity index (χ3v) is 2.53. The monoisotopic (exact) mass is 273 g/mol. The predicted octanol–water partition coefficient (Wildman–Crippen LogP) is 2.72. The van der Waals surface area contributed by atoms with Gasteiger partial charge in [0.05, 0.1) is 11.5 Å². The number of benzene rings is 1. The average Bonchev–Trinajstić information content (AvgIpc) is 2.30. The van der Waals surface area contributed by atoms with Gasteiger partial charge in [-0.2, -0.15) is 0 Å². The minimum absolute atomic E-state index is 0.0372. The van der Waals surface area contributed by atoms with Gasteiger partial charge in [0.1, 0.15) is 5.69 Å². The van der Waals surface area contributed by atoms with Crippen molar-refractivity contribution < 1.29 is 13.7 Å². The van der Waals surface area contributed by atoms with Gasteiger partial charge in [0.15, 0.2) is 0 Å². The molecule has 0 atom stereocenters. The lowest BCUT2D eigenvalue weighted by Crippen LogP contribution is -2.24. The summed E-state index contributed by atoms with van der Waals surface area (Å²) in [5.41, 5.74) is 1.04. The van der Waals surface area contributed by atoms with Gasteiger partial charge >= 0.3 is 0 Å². The molecule has 0 saturated heterocycles. The van der Waals surface area contributed by atoms with Gasteiger partial charge in [-0.05, 0) is 25.6 Å². The van der Waals surface area contributed by atoms with Crippen LogP contribution >= 0.6 is 0 Å². The molecule has 0 aliphatic rings. The molecule has 0 heterocycles. The van der Waals surface area contributed by atoms with Crippen LogP contribution in [0.2, 0.25) is 0 Å². The summed E-state index contributed by atoms with van der Waals surface area (Å²) in [7, 11) is 1.55. The summed E-state index contributed by atoms with van der Waals surface area (Å²) in [5.74, 6) is 0. The minimum atomic E-state index is -2.42. The van der Waals surface area contributed by atoms with Crippen molar-refractivity contribution in [3.8, 4) is 0 Å². The van der Waals surface area contributed by atoms with Crippen molar-refractivity contribution in [2.24, 2.45) is 0 Å². The van der Waals surface area contributed by atoms with E-state index < -0.39 is 11.3 Å². The molecule has 1 N–H and O–H groups in total. The van der Waals surface area contributed by atoms with Crippen molar-refractivity contribution >= 4 is 11.4 Å². The third-order valence-electron chi connectivity index (χ3n) is 2.53. The van der Waals surface area contributed by atoms with Crippen LogP contribution in [0.3, 0.4) is 0 Å². The van der Waals surface area contributed by atoms with Crippen molar-refractivity contribution in [1.82, 2.24) is 4.90 Å². The van der Waals surface area contributed by atoms with Gasteiger partial charge in [0.25, 0.3) is 12.1 Å². The second kappa shape index (κ2) is 6.98. The Balaban J connectivity index is 2.86. The van der Waals surface area contributed by atoms with E-state index >= 15 is 0 Å². The lowest BCUT2D eigenvalue weighted by Gasteiger charge is -2.16. The number of anilines is 1. The van der Waals surface area contributed by atoms with Gasteiger partial charge in [-0.15, -0.1) is 0 Å². The maximum atomic E-state index is 12.2. The molecule has 7 heteroatoms. The number of alkyl halides is 2. The van der Waals surface area contributed by atoms with Gasteiger partial charge < -0.3 is 5.32 Å². The molecule has 0 bridgehead atoms. The topological polar surface area (TPSA) is 58.4 Å². The standard InChI is InChI=1S/C12H17F2N3O2/c1-3-15-10-5-4-9(6-11(10)17(18)19)7-16(2)8-12(13)14/h4-6,12,15H,3,7-8H2,1-2H3. The van der Waals surface area contributed by atoms with E-state index in [2.05, 4.69) is 5.32 Å². The molecule has 0 amide bonds. The van der Waals surface area contributed by atoms with Crippen molar-refractivity contribution in [2.45, 2.75) is 19.9 Å². The Hall–Kier alpha value is -1.76. The number of halogens is 2. The molecular weight excluding hydrogens is 256 g/mol. The molecule has 0 fully saturated rings. The Morgan fingerprint density at radius 2 is 2.16 bits per heavy atom. The molecule has 0 aliphatic carbocycles. The molecule has 0 unspecified atom stereocenters. The molecule has 19 heavy (non-hydrogen) atoms. The maximum Gasteiger partial charge on any atom is 0.292 e. The van der Waals surface area contributed by atoms with Crippen LogP contribution in [0.25, 0.3) is 0 Å². The van der Waals surface area contributed by atoms with E-state index in [4.69, 9.17) is 0 Å². The zero-order valence-electron chi connectivity index (χ0n) is 10.9. The highest BCUT2D eigenvalue weighted by Gasteiger charge is 2.15. The summed E-state index contributed by atoms with van der Waals surface area (Å²) < 4.78 is 24.4. The highest BCUT2D eigenvalue weighted by atomic mass is 19.3. The van der Waals surface area contributed by atoms with Crippen LogP contribution in [0, 0.1) is 10.1 Å². The average molecular weight is 273 g/mol. The molecule has 5 nitrogen and oxygen atoms in total. The number of nitro benzene ring substituents is 1. The minimum Gasteiger partial charge on any atom is -0.380 e. The van der Waals surface area contributed by atoms with Crippen molar-refractivity contribution in [1.29, 1.82) is 0 Å². The molecule has 1 aromatic rings. The molecule has 1 aromatic carbocycles. The smallest absolute Gasteiger partial charge is 0.292 e. The first-order chi connectivity index (χ1) is 8.93. The Labute approximate surface area is 110 Å². The predicted molar refractivity (Wildman–Crippen MR) is 69.6 cm³/mol. The Morgan fingerprint density at radius 3 is 2.68 bits per heavy atom. The fourth-order valence-corrected chi connectivity index (χ4v) is 1.78. The molecule has 0 aliphatic heterocycles. The summed E-state index contributed by atoms with van der Waals surface area (Å²) in [4.78, 5) is 11.9. The molecule has 0 aromatic heterocycles. The fourth-order valence-electron chi connectivity index (χ4n) is 1.78. The summed E-state index contributed by atoms with van der Waals surface area (Å²) in [6.45, 7) is 2.31. The highest BCUT2D eigenvalue weighted by molar-refractivity contribution is 5.62. The molecule has 106 valence electrons. The van der Waals surface area contributed by atoms with Crippen molar-refractivity contribution in [3.63, 3.8) is 0 Å². The van der Waals surface area contributed by atoms with E-state index in [-0.39, 0.29) is 18.8 Å². The molecular formula is C12H17F2N3O2. The number of rotatable bonds is 7. The lowest BCUT2D eigenvalue weighted by atomic mass is 10.1. The number of nitro groups is 1. The largest absolute Gasteiger partial charge is 0.380 e. The summed E-state index contributed by atoms with van der Waals surface area (Å²) in [6.07, 6.45) is -2.42. The Morgan fingerprint density at radius 1 is 1.47 bits per heavy atom. The summed E-state index contributed by atoms with van der Waals surface area (Å²) in [5, 5.41) is 13.8. The normalized spacial score (nSPS) is 11.1. The zero-order valence-corrected chi connectivity index (χ0v) is 10.9. The summed E-state index contributed by atoms with van der Waals surface area (Å²) >= 11 is 0. The van der Waals surface area contributed by atoms with Crippen LogP contribution in [0.15, 0.2) is 18.2 Å². The fraction of sp³-hybridized carbons (Fsp3) is 0.500. The van der Waals surface area contributed by atoms with Crippen LogP contribution in [-0.4, -0.2) is 36.4 Å². The third kappa shape index (κ3) is 4.78. The second-order valence-corrected chi connectivity index (χ2v) is 4.23. The van der Waals surface area contributed by atoms with Crippen LogP contribution in [0.1, 0.15) is 12.5 Å². The molecule has 1 rings (SSSR count). The highest BCUT2D eigenvalue weighted by Crippen LogP contribution is 2.25. The van der Waals surface area contributed by atoms with Gasteiger partial charge in [-0.1, -0.05) is 6.07 Å². The van der Waals surface area contributed by atoms with E-state index in [0.717, 1.165) is 0 Å². The number of nitrogens with zero attached hydrogens (tertiary/aromatic N) is 2. The van der Waals surface area contributed by atoms with Crippen molar-refractivity contribution in [2.75, 3.05) is 25.5 Å². The molecule has 0 radical (unpaired) electrons. The first-order valence-electron chi connectivity index (χ1n) is 5.92. The van der Waals surface area contributed by atoms with E-state index in [1.807, 2.05) is 6.92 Å². The number of nitrogens with one attached hydrogen (secondary N) is 1. The zero-order chi connectivity index (χ0) is 14.4. The SMILES string of the molecule is CCNc1ccc(CN(C)CC(F)F)cc1[N+](=O)[O-]. The van der Waals surface area contributed by atoms with Crippen LogP contribution in [0.5, 0.6) is 0 Å². The Kier molecular flexibility index (Phi) is 5.62. The number of hydrogen-bond acceptors (Lipinski definition) is 4. The van der Waals surface area contributed by atoms with E-state index in [1.165, 1.54) is 11.0 Å². The number of hydrogen-bond donors (Lipinski definition) is 1. The maximum absolute atomic E-state index is 12.2. The van der Waals surface area contributed by atoms with E-state index in [1.54, 1.807) is 19.2 Å². The van der Waals surface area contributed by atoms with Gasteiger partial charge in [-0.25, -0.2) is 8.78 Å². The van der Waals surface area contributed by atoms with Gasteiger partial charge in [0, 0.05) is 19.2 Å². The van der Waals surface area contributed by atoms with Crippen LogP contribution < -0.4 is 5.32 Å². The second-order valence-electron chi connectivity index (χ2n) is 4.23. The Bertz CT molecular complexity index is 441. The quantitative estimate of drug-likeness (QED) is 0.613. The first-order valence-corrected chi connectivity index (χ1v) is 5.92. The van der Waals surface area contributed by atoms with E-state index in [9.17, 15) is 18.9 Å². The van der Waals surface area contributed by atoms with Crippen LogP contribution in [0.4, 0.5) is 20.2 Å². The summed E-state index contributed by atoms with van der Waals surface area (Å²) in [6, 6.07) is 4.72. The van der Waals surface area contributed by atoms with Crippen LogP contribution in [-0.2, 0) is 6.54 Å². The van der Waals surface area contributed by atoms with Gasteiger partial charge in [0.2, 0.25) is 0 Å². The van der Waals surface area contributed by atoms with E-state index in [0.29, 0.717) is 17.8 Å². The lowest BCUT2D eigenvalue weighted by molar-refractivity contribution is -0.384. The molecule has 0 saturated carbocycles. The van der Waals surface area contributed by atoms with Gasteiger partial charge in [-0.3, -0.25) is 15.0 Å². The van der Waals surface area contributed by atoms with Crippen molar-refractivity contribution in [3.05, 3.63) is 33.9 Å².